The van der Waals surface area contributed by atoms with Crippen LogP contribution in [0.5, 0.6) is 0 Å². The van der Waals surface area contributed by atoms with Crippen molar-refractivity contribution in [2.45, 2.75) is 32.7 Å². The average Bonchev–Trinajstić information content (AvgIpc) is 3.08. The number of aromatic nitrogens is 2. The van der Waals surface area contributed by atoms with Gasteiger partial charge in [-0.2, -0.15) is 5.10 Å². The standard InChI is InChI=1S/C21H23BrFN5O3/c1-12(2)27(10-17(29)25-15-8-5-7-14(22)19(15)23)18(30)11-28-16-9-4-3-6-13(16)20(26-28)21(24)31/h3-9,12,17,25,29H,10-11H2,1-2H3,(H2,24,31). The lowest BCUT2D eigenvalue weighted by Gasteiger charge is -2.29. The number of benzene rings is 2. The van der Waals surface area contributed by atoms with Crippen molar-refractivity contribution in [3.63, 3.8) is 0 Å². The van der Waals surface area contributed by atoms with E-state index < -0.39 is 18.0 Å². The summed E-state index contributed by atoms with van der Waals surface area (Å²) in [7, 11) is 0. The summed E-state index contributed by atoms with van der Waals surface area (Å²) in [6.45, 7) is 3.38. The molecule has 164 valence electrons. The summed E-state index contributed by atoms with van der Waals surface area (Å²) >= 11 is 3.10. The van der Waals surface area contributed by atoms with E-state index in [1.165, 1.54) is 15.6 Å². The van der Waals surface area contributed by atoms with E-state index in [-0.39, 0.29) is 40.9 Å². The zero-order valence-corrected chi connectivity index (χ0v) is 18.6. The Morgan fingerprint density at radius 1 is 1.26 bits per heavy atom. The number of hydrogen-bond donors (Lipinski definition) is 3. The molecule has 4 N–H and O–H groups in total. The molecular formula is C21H23BrFN5O3. The molecule has 0 saturated heterocycles. The maximum atomic E-state index is 14.2. The van der Waals surface area contributed by atoms with Crippen LogP contribution in [0, 0.1) is 5.82 Å². The van der Waals surface area contributed by atoms with Crippen LogP contribution in [0.2, 0.25) is 0 Å². The number of carbonyl (C=O) groups is 2. The predicted octanol–water partition coefficient (Wildman–Crippen LogP) is 2.70. The zero-order valence-electron chi connectivity index (χ0n) is 17.0. The van der Waals surface area contributed by atoms with E-state index in [0.29, 0.717) is 10.9 Å². The molecule has 2 aromatic carbocycles. The van der Waals surface area contributed by atoms with Crippen molar-refractivity contribution in [3.05, 3.63) is 58.4 Å². The summed E-state index contributed by atoms with van der Waals surface area (Å²) in [5.41, 5.74) is 6.21. The van der Waals surface area contributed by atoms with Crippen molar-refractivity contribution in [3.8, 4) is 0 Å². The summed E-state index contributed by atoms with van der Waals surface area (Å²) < 4.78 is 15.8. The lowest BCUT2D eigenvalue weighted by molar-refractivity contribution is -0.135. The third-order valence-electron chi connectivity index (χ3n) is 4.76. The number of carbonyl (C=O) groups excluding carboxylic acids is 2. The summed E-state index contributed by atoms with van der Waals surface area (Å²) in [6.07, 6.45) is -1.20. The van der Waals surface area contributed by atoms with Gasteiger partial charge in [0.05, 0.1) is 22.2 Å². The highest BCUT2D eigenvalue weighted by Crippen LogP contribution is 2.23. The minimum atomic E-state index is -1.20. The number of anilines is 1. The van der Waals surface area contributed by atoms with Crippen LogP contribution in [0.1, 0.15) is 24.3 Å². The molecule has 1 aromatic heterocycles. The van der Waals surface area contributed by atoms with Crippen molar-refractivity contribution in [2.75, 3.05) is 11.9 Å². The first-order chi connectivity index (χ1) is 14.7. The number of aliphatic hydroxyl groups is 1. The minimum absolute atomic E-state index is 0.0790. The Balaban J connectivity index is 1.78. The summed E-state index contributed by atoms with van der Waals surface area (Å²) in [6, 6.07) is 11.4. The quantitative estimate of drug-likeness (QED) is 0.419. The SMILES string of the molecule is CC(C)N(CC(O)Nc1cccc(Br)c1F)C(=O)Cn1nc(C(N)=O)c2ccccc21. The number of para-hydroxylation sites is 1. The smallest absolute Gasteiger partial charge is 0.269 e. The van der Waals surface area contributed by atoms with Crippen LogP contribution >= 0.6 is 15.9 Å². The fourth-order valence-electron chi connectivity index (χ4n) is 3.28. The van der Waals surface area contributed by atoms with Gasteiger partial charge in [0.2, 0.25) is 5.91 Å². The van der Waals surface area contributed by atoms with Gasteiger partial charge in [0.1, 0.15) is 12.8 Å². The first-order valence-electron chi connectivity index (χ1n) is 9.62. The van der Waals surface area contributed by atoms with Crippen LogP contribution in [0.25, 0.3) is 10.9 Å². The van der Waals surface area contributed by atoms with Crippen LogP contribution < -0.4 is 11.1 Å². The van der Waals surface area contributed by atoms with Crippen molar-refractivity contribution >= 4 is 44.3 Å². The van der Waals surface area contributed by atoms with Gasteiger partial charge in [0, 0.05) is 11.4 Å². The molecule has 2 amide bonds. The van der Waals surface area contributed by atoms with Crippen molar-refractivity contribution in [1.82, 2.24) is 14.7 Å². The number of nitrogens with one attached hydrogen (secondary N) is 1. The maximum absolute atomic E-state index is 14.2. The summed E-state index contributed by atoms with van der Waals surface area (Å²) in [4.78, 5) is 26.2. The summed E-state index contributed by atoms with van der Waals surface area (Å²) in [5.74, 6) is -1.54. The van der Waals surface area contributed by atoms with Crippen molar-refractivity contribution < 1.29 is 19.1 Å². The number of amides is 2. The monoisotopic (exact) mass is 491 g/mol. The Kier molecular flexibility index (Phi) is 6.91. The minimum Gasteiger partial charge on any atom is -0.372 e. The predicted molar refractivity (Wildman–Crippen MR) is 119 cm³/mol. The number of primary amides is 1. The normalized spacial score (nSPS) is 12.2. The number of halogens is 2. The topological polar surface area (TPSA) is 113 Å². The van der Waals surface area contributed by atoms with Crippen molar-refractivity contribution in [2.24, 2.45) is 5.73 Å². The van der Waals surface area contributed by atoms with Gasteiger partial charge in [-0.15, -0.1) is 0 Å². The number of aliphatic hydroxyl groups excluding tert-OH is 1. The second-order valence-electron chi connectivity index (χ2n) is 7.29. The van der Waals surface area contributed by atoms with Gasteiger partial charge in [-0.1, -0.05) is 24.3 Å². The molecule has 0 fully saturated rings. The lowest BCUT2D eigenvalue weighted by Crippen LogP contribution is -2.45. The molecule has 1 atom stereocenters. The molecule has 0 spiro atoms. The molecule has 1 unspecified atom stereocenters. The second kappa shape index (κ2) is 9.44. The molecule has 3 rings (SSSR count). The lowest BCUT2D eigenvalue weighted by atomic mass is 10.2. The third-order valence-corrected chi connectivity index (χ3v) is 5.38. The number of nitrogens with zero attached hydrogens (tertiary/aromatic N) is 3. The Hall–Kier alpha value is -2.98. The van der Waals surface area contributed by atoms with E-state index in [0.717, 1.165) is 0 Å². The molecule has 3 aromatic rings. The molecule has 0 radical (unpaired) electrons. The fraction of sp³-hybridized carbons (Fsp3) is 0.286. The highest BCUT2D eigenvalue weighted by molar-refractivity contribution is 9.10. The van der Waals surface area contributed by atoms with Gasteiger partial charge in [-0.25, -0.2) is 4.39 Å². The third kappa shape index (κ3) is 5.02. The molecule has 0 saturated carbocycles. The maximum Gasteiger partial charge on any atom is 0.269 e. The van der Waals surface area contributed by atoms with E-state index in [1.807, 2.05) is 0 Å². The Morgan fingerprint density at radius 2 is 1.97 bits per heavy atom. The van der Waals surface area contributed by atoms with E-state index in [4.69, 9.17) is 5.73 Å². The number of hydrogen-bond acceptors (Lipinski definition) is 5. The van der Waals surface area contributed by atoms with Crippen molar-refractivity contribution in [1.29, 1.82) is 0 Å². The first-order valence-corrected chi connectivity index (χ1v) is 10.4. The van der Waals surface area contributed by atoms with Crippen LogP contribution in [-0.2, 0) is 11.3 Å². The molecule has 8 nitrogen and oxygen atoms in total. The van der Waals surface area contributed by atoms with Gasteiger partial charge in [-0.3, -0.25) is 14.3 Å². The summed E-state index contributed by atoms with van der Waals surface area (Å²) in [5, 5.41) is 17.9. The molecule has 0 bridgehead atoms. The Labute approximate surface area is 186 Å². The van der Waals surface area contributed by atoms with Crippen LogP contribution in [0.15, 0.2) is 46.9 Å². The molecule has 1 heterocycles. The largest absolute Gasteiger partial charge is 0.372 e. The van der Waals surface area contributed by atoms with Crippen LogP contribution in [0.4, 0.5) is 10.1 Å². The van der Waals surface area contributed by atoms with E-state index >= 15 is 0 Å². The number of rotatable bonds is 8. The van der Waals surface area contributed by atoms with Crippen LogP contribution in [-0.4, -0.2) is 50.4 Å². The van der Waals surface area contributed by atoms with Gasteiger partial charge < -0.3 is 21.1 Å². The highest BCUT2D eigenvalue weighted by atomic mass is 79.9. The van der Waals surface area contributed by atoms with Crippen LogP contribution in [0.3, 0.4) is 0 Å². The molecule has 10 heteroatoms. The fourth-order valence-corrected chi connectivity index (χ4v) is 3.64. The van der Waals surface area contributed by atoms with Gasteiger partial charge >= 0.3 is 0 Å². The Bertz CT molecular complexity index is 1120. The Morgan fingerprint density at radius 3 is 2.65 bits per heavy atom. The van der Waals surface area contributed by atoms with Gasteiger partial charge in [0.15, 0.2) is 11.5 Å². The first kappa shape index (κ1) is 22.7. The van der Waals surface area contributed by atoms with E-state index in [2.05, 4.69) is 26.3 Å². The molecule has 0 aliphatic heterocycles. The van der Waals surface area contributed by atoms with E-state index in [9.17, 15) is 19.1 Å². The zero-order chi connectivity index (χ0) is 22.7. The van der Waals surface area contributed by atoms with Gasteiger partial charge in [0.25, 0.3) is 5.91 Å². The second-order valence-corrected chi connectivity index (χ2v) is 8.14. The van der Waals surface area contributed by atoms with E-state index in [1.54, 1.807) is 50.2 Å². The van der Waals surface area contributed by atoms with Gasteiger partial charge in [-0.05, 0) is 48.0 Å². The average molecular weight is 492 g/mol. The highest BCUT2D eigenvalue weighted by Gasteiger charge is 2.23. The number of nitrogens with two attached hydrogens (primary N) is 1. The molecule has 0 aliphatic rings. The number of fused-ring (bicyclic) bond motifs is 1. The molecule has 31 heavy (non-hydrogen) atoms. The molecule has 0 aliphatic carbocycles. The molecular weight excluding hydrogens is 469 g/mol.